The predicted molar refractivity (Wildman–Crippen MR) is 206 cm³/mol. The fourth-order valence-corrected chi connectivity index (χ4v) is 8.42. The molecule has 4 fully saturated rings. The van der Waals surface area contributed by atoms with Crippen LogP contribution in [0.5, 0.6) is 5.88 Å². The smallest absolute Gasteiger partial charge is 0.410 e. The van der Waals surface area contributed by atoms with Gasteiger partial charge in [0, 0.05) is 49.3 Å². The van der Waals surface area contributed by atoms with Gasteiger partial charge in [0.1, 0.15) is 30.2 Å². The normalized spacial score (nSPS) is 24.9. The number of fused-ring (bicyclic) bond motifs is 3. The first-order valence-electron chi connectivity index (χ1n) is 19.9. The lowest BCUT2D eigenvalue weighted by atomic mass is 9.89. The fraction of sp³-hybridized carbons (Fsp3) is 0.634. The van der Waals surface area contributed by atoms with E-state index in [-0.39, 0.29) is 66.4 Å². The number of anilines is 1. The van der Waals surface area contributed by atoms with E-state index in [4.69, 9.17) is 29.0 Å². The van der Waals surface area contributed by atoms with Crippen LogP contribution in [0.1, 0.15) is 97.6 Å². The molecular formula is C41H57N7O7. The van der Waals surface area contributed by atoms with Crippen LogP contribution in [-0.4, -0.2) is 110 Å². The molecule has 4 aliphatic rings. The Morgan fingerprint density at radius 1 is 0.909 bits per heavy atom. The molecule has 0 spiro atoms. The molecular weight excluding hydrogens is 702 g/mol. The molecule has 298 valence electrons. The summed E-state index contributed by atoms with van der Waals surface area (Å²) < 4.78 is 25.7. The number of likely N-dealkylation sites (tertiary alicyclic amines) is 3. The quantitative estimate of drug-likeness (QED) is 0.237. The molecule has 14 heteroatoms. The third kappa shape index (κ3) is 8.73. The van der Waals surface area contributed by atoms with Crippen LogP contribution in [0.25, 0.3) is 5.65 Å². The minimum Gasteiger partial charge on any atom is -0.472 e. The van der Waals surface area contributed by atoms with Crippen LogP contribution < -0.4 is 10.1 Å². The number of benzene rings is 1. The zero-order valence-corrected chi connectivity index (χ0v) is 33.3. The van der Waals surface area contributed by atoms with Crippen molar-refractivity contribution >= 4 is 29.7 Å². The molecule has 2 aromatic heterocycles. The molecule has 2 bridgehead atoms. The lowest BCUT2D eigenvalue weighted by molar-refractivity contribution is -0.00189. The number of ether oxygens (including phenoxy) is 4. The van der Waals surface area contributed by atoms with Crippen LogP contribution in [-0.2, 0) is 20.8 Å². The number of hydrogen-bond donors (Lipinski definition) is 1. The van der Waals surface area contributed by atoms with E-state index in [2.05, 4.69) is 33.0 Å². The first kappa shape index (κ1) is 38.5. The van der Waals surface area contributed by atoms with E-state index in [0.717, 1.165) is 48.3 Å². The van der Waals surface area contributed by atoms with Crippen LogP contribution in [0.3, 0.4) is 0 Å². The van der Waals surface area contributed by atoms with Crippen LogP contribution in [0.15, 0.2) is 42.6 Å². The average Bonchev–Trinajstić information content (AvgIpc) is 3.83. The summed E-state index contributed by atoms with van der Waals surface area (Å²) in [7, 11) is 0. The lowest BCUT2D eigenvalue weighted by Crippen LogP contribution is -2.56. The number of carbonyl (C=O) groups excluding carboxylic acids is 3. The van der Waals surface area contributed by atoms with Crippen molar-refractivity contribution in [2.75, 3.05) is 38.0 Å². The van der Waals surface area contributed by atoms with Gasteiger partial charge in [0.2, 0.25) is 5.88 Å². The fourth-order valence-electron chi connectivity index (χ4n) is 8.42. The van der Waals surface area contributed by atoms with Crippen LogP contribution in [0.2, 0.25) is 0 Å². The molecule has 4 atom stereocenters. The van der Waals surface area contributed by atoms with E-state index in [1.807, 2.05) is 72.8 Å². The third-order valence-corrected chi connectivity index (χ3v) is 11.5. The summed E-state index contributed by atoms with van der Waals surface area (Å²) in [5.74, 6) is 1.90. The number of nitrogens with zero attached hydrogens (tertiary/aromatic N) is 6. The topological polar surface area (TPSA) is 140 Å². The van der Waals surface area contributed by atoms with E-state index in [1.165, 1.54) is 0 Å². The summed E-state index contributed by atoms with van der Waals surface area (Å²) >= 11 is 0. The van der Waals surface area contributed by atoms with Gasteiger partial charge in [0.15, 0.2) is 5.65 Å². The van der Waals surface area contributed by atoms with Gasteiger partial charge in [-0.05, 0) is 83.6 Å². The Hall–Kier alpha value is -4.75. The Morgan fingerprint density at radius 3 is 2.33 bits per heavy atom. The molecule has 1 aliphatic carbocycles. The number of amides is 3. The van der Waals surface area contributed by atoms with E-state index in [9.17, 15) is 14.4 Å². The van der Waals surface area contributed by atoms with Gasteiger partial charge in [-0.15, -0.1) is 0 Å². The molecule has 3 aliphatic heterocycles. The molecule has 5 heterocycles. The standard InChI is InChI=1S/C41H57N7O7/c1-26(2)32-20-42-48-33(19-34(44-36(32)48)53-30-15-17-41(6,7)47(24-30)39(51)52-25-27-11-9-8-10-12-27)43-35-28-13-14-29(35)22-46(21-28)37(49)54-31-16-18-45(23-31)38(50)55-40(3,4)5/h8-12,19-20,26,28-31,35,43H,13-18,21-25H2,1-7H3/t28?,29?,30-,31?,35?/m1/s1. The van der Waals surface area contributed by atoms with E-state index >= 15 is 0 Å². The van der Waals surface area contributed by atoms with Gasteiger partial charge in [-0.2, -0.15) is 14.6 Å². The number of aromatic nitrogens is 3. The minimum atomic E-state index is -0.580. The number of nitrogens with one attached hydrogen (secondary N) is 1. The van der Waals surface area contributed by atoms with E-state index in [0.29, 0.717) is 45.0 Å². The van der Waals surface area contributed by atoms with Crippen LogP contribution >= 0.6 is 0 Å². The van der Waals surface area contributed by atoms with Gasteiger partial charge >= 0.3 is 18.3 Å². The van der Waals surface area contributed by atoms with Gasteiger partial charge < -0.3 is 34.1 Å². The highest BCUT2D eigenvalue weighted by Crippen LogP contribution is 2.40. The SMILES string of the molecule is CC(C)c1cnn2c(NC3C4CCC3CN(C(=O)OC3CCN(C(=O)OC(C)(C)C)C3)C4)cc(O[C@@H]3CCC(C)(C)N(C(=O)OCc4ccccc4)C3)nc12. The molecule has 3 aromatic rings. The molecule has 1 saturated carbocycles. The summed E-state index contributed by atoms with van der Waals surface area (Å²) in [6.07, 6.45) is 4.28. The van der Waals surface area contributed by atoms with Gasteiger partial charge in [-0.25, -0.2) is 14.4 Å². The van der Waals surface area contributed by atoms with Crippen molar-refractivity contribution < 1.29 is 33.3 Å². The number of rotatable bonds is 8. The molecule has 7 rings (SSSR count). The first-order valence-corrected chi connectivity index (χ1v) is 19.9. The van der Waals surface area contributed by atoms with Gasteiger partial charge in [-0.1, -0.05) is 44.2 Å². The number of carbonyl (C=O) groups is 3. The largest absolute Gasteiger partial charge is 0.472 e. The Labute approximate surface area is 323 Å². The minimum absolute atomic E-state index is 0.119. The van der Waals surface area contributed by atoms with Crippen LogP contribution in [0, 0.1) is 11.8 Å². The van der Waals surface area contributed by atoms with Crippen molar-refractivity contribution in [2.24, 2.45) is 11.8 Å². The monoisotopic (exact) mass is 759 g/mol. The maximum atomic E-state index is 13.4. The van der Waals surface area contributed by atoms with Crippen LogP contribution in [0.4, 0.5) is 20.2 Å². The molecule has 0 radical (unpaired) electrons. The van der Waals surface area contributed by atoms with Crippen molar-refractivity contribution in [3.8, 4) is 5.88 Å². The van der Waals surface area contributed by atoms with Gasteiger partial charge in [-0.3, -0.25) is 4.90 Å². The number of hydrogen-bond acceptors (Lipinski definition) is 10. The Kier molecular flexibility index (Phi) is 10.8. The second kappa shape index (κ2) is 15.4. The summed E-state index contributed by atoms with van der Waals surface area (Å²) in [6, 6.07) is 11.7. The molecule has 3 saturated heterocycles. The molecule has 1 N–H and O–H groups in total. The first-order chi connectivity index (χ1) is 26.1. The third-order valence-electron chi connectivity index (χ3n) is 11.5. The zero-order chi connectivity index (χ0) is 39.1. The molecule has 3 amide bonds. The Morgan fingerprint density at radius 2 is 1.64 bits per heavy atom. The van der Waals surface area contributed by atoms with Gasteiger partial charge in [0.25, 0.3) is 0 Å². The lowest BCUT2D eigenvalue weighted by Gasteiger charge is -2.44. The van der Waals surface area contributed by atoms with E-state index in [1.54, 1.807) is 9.80 Å². The summed E-state index contributed by atoms with van der Waals surface area (Å²) in [4.78, 5) is 49.5. The summed E-state index contributed by atoms with van der Waals surface area (Å²) in [5, 5.41) is 8.56. The highest BCUT2D eigenvalue weighted by molar-refractivity contribution is 5.70. The second-order valence-corrected chi connectivity index (χ2v) is 17.6. The summed E-state index contributed by atoms with van der Waals surface area (Å²) in [6.45, 7) is 16.5. The summed E-state index contributed by atoms with van der Waals surface area (Å²) in [5.41, 5.74) is 1.72. The molecule has 1 aromatic carbocycles. The molecule has 3 unspecified atom stereocenters. The predicted octanol–water partition coefficient (Wildman–Crippen LogP) is 7.08. The van der Waals surface area contributed by atoms with Crippen molar-refractivity contribution in [1.82, 2.24) is 29.3 Å². The van der Waals surface area contributed by atoms with E-state index < -0.39 is 5.60 Å². The Bertz CT molecular complexity index is 1840. The maximum absolute atomic E-state index is 13.4. The molecule has 14 nitrogen and oxygen atoms in total. The highest BCUT2D eigenvalue weighted by atomic mass is 16.6. The Balaban J connectivity index is 1.01. The second-order valence-electron chi connectivity index (χ2n) is 17.6. The number of piperidine rings is 2. The maximum Gasteiger partial charge on any atom is 0.410 e. The molecule has 55 heavy (non-hydrogen) atoms. The van der Waals surface area contributed by atoms with Crippen molar-refractivity contribution in [1.29, 1.82) is 0 Å². The average molecular weight is 760 g/mol. The van der Waals surface area contributed by atoms with Crippen molar-refractivity contribution in [3.05, 3.63) is 53.7 Å². The van der Waals surface area contributed by atoms with Crippen molar-refractivity contribution in [3.63, 3.8) is 0 Å². The van der Waals surface area contributed by atoms with Gasteiger partial charge in [0.05, 0.1) is 19.3 Å². The highest BCUT2D eigenvalue weighted by Gasteiger charge is 2.45. The zero-order valence-electron chi connectivity index (χ0n) is 33.3. The van der Waals surface area contributed by atoms with Crippen molar-refractivity contribution in [2.45, 2.75) is 122 Å².